The maximum Gasteiger partial charge on any atom is 0.434 e. The number of anilines is 2. The van der Waals surface area contributed by atoms with Crippen molar-refractivity contribution in [1.82, 2.24) is 24.4 Å². The highest BCUT2D eigenvalue weighted by molar-refractivity contribution is 7.89. The number of hydrogen-bond acceptors (Lipinski definition) is 18. The van der Waals surface area contributed by atoms with E-state index < -0.39 is 154 Å². The number of benzene rings is 2. The summed E-state index contributed by atoms with van der Waals surface area (Å²) in [5.41, 5.74) is -7.51. The van der Waals surface area contributed by atoms with Crippen LogP contribution < -0.4 is 19.2 Å². The van der Waals surface area contributed by atoms with E-state index in [2.05, 4.69) is 19.7 Å². The number of carboxylic acids is 1. The summed E-state index contributed by atoms with van der Waals surface area (Å²) in [4.78, 5) is 72.2. The average Bonchev–Trinajstić information content (AvgIpc) is 1.02. The Bertz CT molecular complexity index is 3700. The van der Waals surface area contributed by atoms with Gasteiger partial charge in [0.2, 0.25) is 31.9 Å². The van der Waals surface area contributed by atoms with E-state index in [4.69, 9.17) is 21.4 Å². The third kappa shape index (κ3) is 17.7. The number of rotatable bonds is 16. The quantitative estimate of drug-likeness (QED) is 0.0621. The summed E-state index contributed by atoms with van der Waals surface area (Å²) in [7, 11) is -8.71. The largest absolute Gasteiger partial charge is 0.478 e. The van der Waals surface area contributed by atoms with Crippen molar-refractivity contribution >= 4 is 73.0 Å². The highest BCUT2D eigenvalue weighted by Gasteiger charge is 2.43. The van der Waals surface area contributed by atoms with Crippen LogP contribution in [0.15, 0.2) is 66.9 Å². The fraction of sp³-hybridized carbons (Fsp3) is 0.333. The van der Waals surface area contributed by atoms with Crippen molar-refractivity contribution < 1.29 is 104 Å². The van der Waals surface area contributed by atoms with Gasteiger partial charge in [0.05, 0.1) is 52.7 Å². The number of halogens is 12. The number of pyridine rings is 3. The standard InChI is InChI=1S/C23H22F4N4O5S.C21H17ClF4N4O5S.C7H4F3NO2/c1-2-36-23(33)15-10-14(11-28)21(29-19(15)20(26)27)31-8-6-13(7-9-31)22(32)30-37(34,35)12-16-17(24)4-3-5-18(16)25;1-2-35-20(32)15-5-12(7-27)18(28-17(15)21(24,25)26)30-8-13(9-30)19(31)29-36(33,34)10-11-3-4-14(22)6-16(11)23;8-7(9,10)5-4(6(12)13)2-1-3-11-5/h3-5,10,13,20H,2,6-9,12H2,1H3,(H,30,32);3-6,13H,2,8-10H2,1H3,(H,29,31);1-3H,(H,12,13). The topological polar surface area (TPSA) is 309 Å². The first-order valence-corrected chi connectivity index (χ1v) is 28.1. The van der Waals surface area contributed by atoms with E-state index in [0.29, 0.717) is 6.07 Å². The fourth-order valence-corrected chi connectivity index (χ4v) is 10.6. The Balaban J connectivity index is 0.000000260. The van der Waals surface area contributed by atoms with Gasteiger partial charge in [0.15, 0.2) is 11.4 Å². The van der Waals surface area contributed by atoms with Gasteiger partial charge < -0.3 is 24.4 Å². The predicted molar refractivity (Wildman–Crippen MR) is 276 cm³/mol. The highest BCUT2D eigenvalue weighted by atomic mass is 35.5. The van der Waals surface area contributed by atoms with Gasteiger partial charge in [-0.2, -0.15) is 36.9 Å². The van der Waals surface area contributed by atoms with Crippen LogP contribution in [0.25, 0.3) is 0 Å². The molecule has 0 bridgehead atoms. The van der Waals surface area contributed by atoms with E-state index >= 15 is 0 Å². The molecule has 5 heterocycles. The van der Waals surface area contributed by atoms with E-state index in [9.17, 15) is 99.6 Å². The van der Waals surface area contributed by atoms with Crippen LogP contribution in [0.2, 0.25) is 5.02 Å². The number of amides is 2. The van der Waals surface area contributed by atoms with E-state index in [-0.39, 0.29) is 79.8 Å². The van der Waals surface area contributed by atoms with Crippen LogP contribution in [0.5, 0.6) is 0 Å². The Morgan fingerprint density at radius 3 is 1.70 bits per heavy atom. The van der Waals surface area contributed by atoms with E-state index in [1.165, 1.54) is 29.7 Å². The van der Waals surface area contributed by atoms with Gasteiger partial charge in [-0.05, 0) is 75.2 Å². The lowest BCUT2D eigenvalue weighted by molar-refractivity contribution is -0.142. The van der Waals surface area contributed by atoms with Gasteiger partial charge in [0, 0.05) is 54.4 Å². The van der Waals surface area contributed by atoms with E-state index in [0.717, 1.165) is 54.7 Å². The smallest absolute Gasteiger partial charge is 0.434 e. The number of nitrogens with one attached hydrogen (secondary N) is 2. The second-order valence-electron chi connectivity index (χ2n) is 18.0. The monoisotopic (exact) mass is 1280 g/mol. The van der Waals surface area contributed by atoms with Gasteiger partial charge >= 0.3 is 30.3 Å². The van der Waals surface area contributed by atoms with E-state index in [1.54, 1.807) is 10.8 Å². The van der Waals surface area contributed by atoms with Gasteiger partial charge in [0.1, 0.15) is 52.7 Å². The number of aromatic carboxylic acids is 1. The summed E-state index contributed by atoms with van der Waals surface area (Å²) < 4.78 is 208. The second kappa shape index (κ2) is 28.4. The average molecular weight is 1280 g/mol. The molecule has 21 nitrogen and oxygen atoms in total. The number of hydrogen-bond donors (Lipinski definition) is 3. The van der Waals surface area contributed by atoms with Crippen molar-refractivity contribution in [1.29, 1.82) is 10.5 Å². The number of piperidine rings is 1. The zero-order valence-electron chi connectivity index (χ0n) is 44.1. The molecular weight excluding hydrogens is 1240 g/mol. The first kappa shape index (κ1) is 68.0. The van der Waals surface area contributed by atoms with E-state index in [1.807, 2.05) is 10.8 Å². The zero-order valence-corrected chi connectivity index (χ0v) is 46.5. The fourth-order valence-electron chi connectivity index (χ4n) is 8.01. The van der Waals surface area contributed by atoms with Gasteiger partial charge in [-0.15, -0.1) is 0 Å². The van der Waals surface area contributed by atoms with Gasteiger partial charge in [-0.1, -0.05) is 23.7 Å². The van der Waals surface area contributed by atoms with Crippen LogP contribution in [-0.4, -0.2) is 106 Å². The normalized spacial score (nSPS) is 13.8. The molecule has 460 valence electrons. The second-order valence-corrected chi connectivity index (χ2v) is 21.8. The maximum atomic E-state index is 13.9. The number of ether oxygens (including phenoxy) is 2. The molecule has 2 aliphatic heterocycles. The van der Waals surface area contributed by atoms with Crippen LogP contribution in [-0.2, 0) is 63.0 Å². The molecule has 3 aromatic heterocycles. The van der Waals surface area contributed by atoms with Crippen LogP contribution in [0.3, 0.4) is 0 Å². The van der Waals surface area contributed by atoms with Gasteiger partial charge in [0.25, 0.3) is 6.43 Å². The third-order valence-corrected chi connectivity index (χ3v) is 14.7. The van der Waals surface area contributed by atoms with Crippen LogP contribution in [0.1, 0.15) is 104 Å². The lowest BCUT2D eigenvalue weighted by Crippen LogP contribution is -2.55. The molecule has 2 aromatic carbocycles. The molecule has 0 spiro atoms. The molecule has 2 amide bonds. The van der Waals surface area contributed by atoms with Crippen molar-refractivity contribution in [3.05, 3.63) is 145 Å². The van der Waals surface area contributed by atoms with Gasteiger partial charge in [-0.25, -0.2) is 63.1 Å². The molecular formula is C51H43ClF11N9O12S2. The maximum absolute atomic E-state index is 13.9. The molecule has 2 aliphatic rings. The minimum atomic E-state index is -5.04. The summed E-state index contributed by atoms with van der Waals surface area (Å²) in [6, 6.07) is 13.4. The van der Waals surface area contributed by atoms with Crippen LogP contribution in [0.4, 0.5) is 59.9 Å². The Kier molecular flexibility index (Phi) is 22.5. The highest BCUT2D eigenvalue weighted by Crippen LogP contribution is 2.37. The zero-order chi connectivity index (χ0) is 64.2. The third-order valence-electron chi connectivity index (χ3n) is 12.0. The number of alkyl halides is 8. The minimum Gasteiger partial charge on any atom is -0.478 e. The molecule has 35 heteroatoms. The summed E-state index contributed by atoms with van der Waals surface area (Å²) in [5.74, 6) is -13.1. The molecule has 0 unspecified atom stereocenters. The first-order valence-electron chi connectivity index (χ1n) is 24.5. The number of carbonyl (C=O) groups is 5. The molecule has 7 rings (SSSR count). The summed E-state index contributed by atoms with van der Waals surface area (Å²) >= 11 is 5.62. The molecule has 86 heavy (non-hydrogen) atoms. The number of nitrogens with zero attached hydrogens (tertiary/aromatic N) is 7. The Labute approximate surface area is 485 Å². The minimum absolute atomic E-state index is 0.0570. The van der Waals surface area contributed by atoms with Crippen molar-refractivity contribution in [3.63, 3.8) is 0 Å². The van der Waals surface area contributed by atoms with Crippen molar-refractivity contribution in [2.75, 3.05) is 49.2 Å². The Hall–Kier alpha value is -8.76. The Morgan fingerprint density at radius 2 is 1.21 bits per heavy atom. The Morgan fingerprint density at radius 1 is 0.698 bits per heavy atom. The van der Waals surface area contributed by atoms with Gasteiger partial charge in [-0.3, -0.25) is 24.0 Å². The molecule has 2 fully saturated rings. The van der Waals surface area contributed by atoms with Crippen LogP contribution >= 0.6 is 11.6 Å². The molecule has 0 aliphatic carbocycles. The molecule has 2 saturated heterocycles. The molecule has 0 atom stereocenters. The predicted octanol–water partition coefficient (Wildman–Crippen LogP) is 8.03. The number of esters is 2. The SMILES string of the molecule is CCOC(=O)c1cc(C#N)c(N2CC(C(=O)NS(=O)(=O)Cc3ccc(Cl)cc3F)C2)nc1C(F)(F)F.CCOC(=O)c1cc(C#N)c(N2CCC(C(=O)NS(=O)(=O)Cc3c(F)cccc3F)CC2)nc1C(F)F.O=C(O)c1cccnc1C(F)(F)F. The number of carbonyl (C=O) groups excluding carboxylic acids is 4. The molecule has 0 saturated carbocycles. The van der Waals surface area contributed by atoms with Crippen LogP contribution in [0, 0.1) is 51.9 Å². The number of sulfonamides is 2. The summed E-state index contributed by atoms with van der Waals surface area (Å²) in [6.07, 6.45) is -11.8. The molecule has 3 N–H and O–H groups in total. The summed E-state index contributed by atoms with van der Waals surface area (Å²) in [6.45, 7) is 2.24. The summed E-state index contributed by atoms with van der Waals surface area (Å²) in [5, 5.41) is 27.3. The lowest BCUT2D eigenvalue weighted by Gasteiger charge is -2.39. The number of carboxylic acid groups (broad SMARTS) is 1. The van der Waals surface area contributed by atoms with Crippen molar-refractivity contribution in [3.8, 4) is 12.1 Å². The number of nitriles is 2. The number of aromatic nitrogens is 3. The first-order chi connectivity index (χ1) is 40.1. The lowest BCUT2D eigenvalue weighted by atomic mass is 9.96. The van der Waals surface area contributed by atoms with Crippen molar-refractivity contribution in [2.24, 2.45) is 11.8 Å². The molecule has 5 aromatic rings. The van der Waals surface area contributed by atoms with Crippen molar-refractivity contribution in [2.45, 2.75) is 57.0 Å². The molecule has 0 radical (unpaired) electrons.